The lowest BCUT2D eigenvalue weighted by atomic mass is 9.74. The van der Waals surface area contributed by atoms with Gasteiger partial charge in [0.05, 0.1) is 6.20 Å². The van der Waals surface area contributed by atoms with Crippen molar-refractivity contribution in [2.45, 2.75) is 56.7 Å². The number of ether oxygens (including phenoxy) is 1. The minimum atomic E-state index is -0.0696. The quantitative estimate of drug-likeness (QED) is 0.506. The van der Waals surface area contributed by atoms with Gasteiger partial charge in [-0.2, -0.15) is 0 Å². The fourth-order valence-electron chi connectivity index (χ4n) is 5.17. The molecule has 0 amide bonds. The standard InChI is InChI=1S/C24H31N5O/c1-15-22-10-16(6-7-24(22)29-28-15)17-9-20(13-26-11-17)30-14-19(25)8-18-12-27-23-5-3-2-4-21(18)23/h2-5,9,11-13,15-16,19,22,24,27-29H,6-8,10,14,25H2,1H3/t15?,16?,19-,22?,24?/m0/s1. The van der Waals surface area contributed by atoms with E-state index in [1.165, 1.54) is 35.8 Å². The van der Waals surface area contributed by atoms with Crippen LogP contribution in [0.3, 0.4) is 0 Å². The predicted molar refractivity (Wildman–Crippen MR) is 119 cm³/mol. The third-order valence-electron chi connectivity index (χ3n) is 6.87. The average Bonchev–Trinajstić information content (AvgIpc) is 3.36. The highest BCUT2D eigenvalue weighted by atomic mass is 16.5. The van der Waals surface area contributed by atoms with Crippen LogP contribution in [-0.4, -0.2) is 34.7 Å². The van der Waals surface area contributed by atoms with Crippen LogP contribution < -0.4 is 21.3 Å². The maximum absolute atomic E-state index is 6.39. The number of hydrazine groups is 1. The second-order valence-electron chi connectivity index (χ2n) is 8.95. The molecule has 3 heterocycles. The Morgan fingerprint density at radius 2 is 2.10 bits per heavy atom. The van der Waals surface area contributed by atoms with Gasteiger partial charge in [-0.15, -0.1) is 0 Å². The Hall–Kier alpha value is -2.41. The Balaban J connectivity index is 1.20. The van der Waals surface area contributed by atoms with Crippen molar-refractivity contribution in [3.8, 4) is 5.75 Å². The maximum Gasteiger partial charge on any atom is 0.137 e. The molecule has 30 heavy (non-hydrogen) atoms. The molecular formula is C24H31N5O. The molecular weight excluding hydrogens is 374 g/mol. The van der Waals surface area contributed by atoms with Crippen LogP contribution >= 0.6 is 0 Å². The van der Waals surface area contributed by atoms with Crippen molar-refractivity contribution >= 4 is 10.9 Å². The van der Waals surface area contributed by atoms with Gasteiger partial charge in [-0.1, -0.05) is 18.2 Å². The molecule has 6 heteroatoms. The molecule has 6 nitrogen and oxygen atoms in total. The molecule has 1 aliphatic heterocycles. The highest BCUT2D eigenvalue weighted by molar-refractivity contribution is 5.83. The number of nitrogens with two attached hydrogens (primary N) is 1. The van der Waals surface area contributed by atoms with Crippen LogP contribution in [0.1, 0.15) is 43.2 Å². The zero-order chi connectivity index (χ0) is 20.5. The number of rotatable bonds is 6. The predicted octanol–water partition coefficient (Wildman–Crippen LogP) is 3.26. The van der Waals surface area contributed by atoms with Gasteiger partial charge in [-0.25, -0.2) is 0 Å². The molecule has 2 aromatic heterocycles. The molecule has 0 spiro atoms. The minimum Gasteiger partial charge on any atom is -0.490 e. The molecule has 158 valence electrons. The molecule has 1 saturated carbocycles. The average molecular weight is 406 g/mol. The van der Waals surface area contributed by atoms with Gasteiger partial charge in [0.2, 0.25) is 0 Å². The van der Waals surface area contributed by atoms with E-state index in [2.05, 4.69) is 58.2 Å². The van der Waals surface area contributed by atoms with Gasteiger partial charge in [0, 0.05) is 41.4 Å². The smallest absolute Gasteiger partial charge is 0.137 e. The lowest BCUT2D eigenvalue weighted by Gasteiger charge is -2.32. The number of H-pyrrole nitrogens is 1. The van der Waals surface area contributed by atoms with E-state index in [4.69, 9.17) is 10.5 Å². The lowest BCUT2D eigenvalue weighted by Crippen LogP contribution is -2.34. The van der Waals surface area contributed by atoms with Crippen LogP contribution in [0.25, 0.3) is 10.9 Å². The number of para-hydroxylation sites is 1. The van der Waals surface area contributed by atoms with Crippen molar-refractivity contribution in [2.24, 2.45) is 11.7 Å². The summed E-state index contributed by atoms with van der Waals surface area (Å²) in [6.45, 7) is 2.75. The molecule has 2 fully saturated rings. The SMILES string of the molecule is CC1NNC2CCC(c3cncc(OC[C@@H](N)Cc4c[nH]c5ccccc45)c3)CC12. The fourth-order valence-corrected chi connectivity index (χ4v) is 5.17. The van der Waals surface area contributed by atoms with Crippen molar-refractivity contribution in [1.29, 1.82) is 0 Å². The summed E-state index contributed by atoms with van der Waals surface area (Å²) >= 11 is 0. The molecule has 2 aliphatic rings. The van der Waals surface area contributed by atoms with Crippen LogP contribution in [0, 0.1) is 5.92 Å². The summed E-state index contributed by atoms with van der Waals surface area (Å²) in [4.78, 5) is 7.77. The highest BCUT2D eigenvalue weighted by Gasteiger charge is 2.38. The van der Waals surface area contributed by atoms with Crippen LogP contribution in [0.2, 0.25) is 0 Å². The van der Waals surface area contributed by atoms with E-state index in [9.17, 15) is 0 Å². The van der Waals surface area contributed by atoms with E-state index in [1.807, 2.05) is 12.3 Å². The van der Waals surface area contributed by atoms with Crippen LogP contribution in [-0.2, 0) is 6.42 Å². The first-order valence-corrected chi connectivity index (χ1v) is 11.1. The Morgan fingerprint density at radius 3 is 3.03 bits per heavy atom. The van der Waals surface area contributed by atoms with Crippen LogP contribution in [0.15, 0.2) is 48.9 Å². The molecule has 3 aromatic rings. The normalized spacial score (nSPS) is 27.1. The van der Waals surface area contributed by atoms with Crippen molar-refractivity contribution in [2.75, 3.05) is 6.61 Å². The Bertz CT molecular complexity index is 1000. The Morgan fingerprint density at radius 1 is 1.20 bits per heavy atom. The van der Waals surface area contributed by atoms with Gasteiger partial charge < -0.3 is 15.5 Å². The summed E-state index contributed by atoms with van der Waals surface area (Å²) in [7, 11) is 0. The number of benzene rings is 1. The van der Waals surface area contributed by atoms with Crippen molar-refractivity contribution in [1.82, 2.24) is 20.8 Å². The number of hydrogen-bond donors (Lipinski definition) is 4. The number of pyridine rings is 1. The summed E-state index contributed by atoms with van der Waals surface area (Å²) in [6.07, 6.45) is 10.2. The third kappa shape index (κ3) is 3.95. The monoisotopic (exact) mass is 405 g/mol. The first-order chi connectivity index (χ1) is 14.7. The van der Waals surface area contributed by atoms with Crippen molar-refractivity contribution < 1.29 is 4.74 Å². The number of aromatic amines is 1. The number of nitrogens with zero attached hydrogens (tertiary/aromatic N) is 1. The second-order valence-corrected chi connectivity index (χ2v) is 8.95. The third-order valence-corrected chi connectivity index (χ3v) is 6.87. The van der Waals surface area contributed by atoms with Gasteiger partial charge >= 0.3 is 0 Å². The van der Waals surface area contributed by atoms with Gasteiger partial charge in [-0.05, 0) is 67.7 Å². The van der Waals surface area contributed by atoms with E-state index < -0.39 is 0 Å². The number of fused-ring (bicyclic) bond motifs is 2. The molecule has 5 atom stereocenters. The number of aromatic nitrogens is 2. The van der Waals surface area contributed by atoms with Crippen LogP contribution in [0.5, 0.6) is 5.75 Å². The molecule has 1 aromatic carbocycles. The molecule has 0 bridgehead atoms. The molecule has 4 unspecified atom stereocenters. The summed E-state index contributed by atoms with van der Waals surface area (Å²) in [5.74, 6) is 2.05. The summed E-state index contributed by atoms with van der Waals surface area (Å²) < 4.78 is 6.05. The fraction of sp³-hybridized carbons (Fsp3) is 0.458. The highest BCUT2D eigenvalue weighted by Crippen LogP contribution is 2.39. The summed E-state index contributed by atoms with van der Waals surface area (Å²) in [5, 5.41) is 1.23. The van der Waals surface area contributed by atoms with E-state index in [0.717, 1.165) is 17.7 Å². The molecule has 5 N–H and O–H groups in total. The molecule has 1 aliphatic carbocycles. The number of nitrogens with one attached hydrogen (secondary N) is 3. The minimum absolute atomic E-state index is 0.0696. The topological polar surface area (TPSA) is 88.0 Å². The van der Waals surface area contributed by atoms with Crippen LogP contribution in [0.4, 0.5) is 0 Å². The van der Waals surface area contributed by atoms with Crippen molar-refractivity contribution in [3.05, 3.63) is 60.0 Å². The summed E-state index contributed by atoms with van der Waals surface area (Å²) in [6, 6.07) is 11.5. The maximum atomic E-state index is 6.39. The molecule has 0 radical (unpaired) electrons. The Kier molecular flexibility index (Phi) is 5.46. The largest absolute Gasteiger partial charge is 0.490 e. The number of hydrogen-bond acceptors (Lipinski definition) is 5. The van der Waals surface area contributed by atoms with E-state index in [0.29, 0.717) is 30.5 Å². The van der Waals surface area contributed by atoms with Gasteiger partial charge in [0.1, 0.15) is 12.4 Å². The zero-order valence-corrected chi connectivity index (χ0v) is 17.5. The van der Waals surface area contributed by atoms with E-state index in [1.54, 1.807) is 6.20 Å². The van der Waals surface area contributed by atoms with Gasteiger partial charge in [-0.3, -0.25) is 15.8 Å². The molecule has 1 saturated heterocycles. The summed E-state index contributed by atoms with van der Waals surface area (Å²) in [5.41, 5.74) is 16.9. The van der Waals surface area contributed by atoms with E-state index in [-0.39, 0.29) is 6.04 Å². The van der Waals surface area contributed by atoms with Crippen molar-refractivity contribution in [3.63, 3.8) is 0 Å². The van der Waals surface area contributed by atoms with E-state index >= 15 is 0 Å². The first-order valence-electron chi connectivity index (χ1n) is 11.1. The Labute approximate surface area is 177 Å². The molecule has 5 rings (SSSR count). The van der Waals surface area contributed by atoms with Gasteiger partial charge in [0.25, 0.3) is 0 Å². The lowest BCUT2D eigenvalue weighted by molar-refractivity contribution is 0.276. The van der Waals surface area contributed by atoms with Gasteiger partial charge in [0.15, 0.2) is 0 Å². The second kappa shape index (κ2) is 8.38. The zero-order valence-electron chi connectivity index (χ0n) is 17.5. The first kappa shape index (κ1) is 19.5.